The maximum absolute atomic E-state index is 6.12. The molecular weight excluding hydrogens is 310 g/mol. The fourth-order valence-corrected chi connectivity index (χ4v) is 3.84. The minimum absolute atomic E-state index is 0.130. The molecule has 4 heteroatoms. The van der Waals surface area contributed by atoms with Gasteiger partial charge < -0.3 is 4.74 Å². The van der Waals surface area contributed by atoms with Crippen molar-refractivity contribution in [1.29, 1.82) is 0 Å². The lowest BCUT2D eigenvalue weighted by molar-refractivity contribution is 0.232. The van der Waals surface area contributed by atoms with Gasteiger partial charge >= 0.3 is 0 Å². The Morgan fingerprint density at radius 3 is 2.44 bits per heavy atom. The molecule has 1 aliphatic rings. The second-order valence-corrected chi connectivity index (χ2v) is 7.06. The summed E-state index contributed by atoms with van der Waals surface area (Å²) in [5.74, 6) is 1.15. The highest BCUT2D eigenvalue weighted by Gasteiger charge is 2.32. The molecule has 0 saturated heterocycles. The Morgan fingerprint density at radius 2 is 1.72 bits per heavy atom. The number of pyridine rings is 1. The van der Waals surface area contributed by atoms with Crippen molar-refractivity contribution in [3.63, 3.8) is 0 Å². The highest BCUT2D eigenvalue weighted by atomic mass is 16.5. The first-order chi connectivity index (χ1) is 12.0. The number of hydrogen-bond donors (Lipinski definition) is 0. The van der Waals surface area contributed by atoms with E-state index in [0.717, 1.165) is 22.8 Å². The minimum Gasteiger partial charge on any atom is -0.486 e. The molecule has 25 heavy (non-hydrogen) atoms. The van der Waals surface area contributed by atoms with Crippen LogP contribution in [-0.4, -0.2) is 20.9 Å². The van der Waals surface area contributed by atoms with Gasteiger partial charge in [-0.05, 0) is 51.0 Å². The molecule has 3 heterocycles. The van der Waals surface area contributed by atoms with E-state index in [4.69, 9.17) is 4.74 Å². The largest absolute Gasteiger partial charge is 0.486 e. The molecule has 0 aliphatic carbocycles. The van der Waals surface area contributed by atoms with Crippen molar-refractivity contribution in [2.45, 2.75) is 46.6 Å². The van der Waals surface area contributed by atoms with Gasteiger partial charge in [0.2, 0.25) is 0 Å². The Balaban J connectivity index is 1.92. The molecule has 0 spiro atoms. The molecule has 0 bridgehead atoms. The standard InChI is InChI=1S/C21H23N3O/c1-12-10-13(2)19(14(3)11-12)17-7-9-23-24(17)18-6-8-22-20-15(4)16(5)25-21(18)20/h6-11,15-16H,1-5H3. The van der Waals surface area contributed by atoms with E-state index < -0.39 is 0 Å². The van der Waals surface area contributed by atoms with Crippen molar-refractivity contribution in [1.82, 2.24) is 14.8 Å². The Bertz CT molecular complexity index is 935. The van der Waals surface area contributed by atoms with Gasteiger partial charge in [-0.25, -0.2) is 4.68 Å². The second-order valence-electron chi connectivity index (χ2n) is 7.06. The van der Waals surface area contributed by atoms with Crippen molar-refractivity contribution < 1.29 is 4.74 Å². The molecule has 2 atom stereocenters. The van der Waals surface area contributed by atoms with Crippen LogP contribution in [0.4, 0.5) is 0 Å². The summed E-state index contributed by atoms with van der Waals surface area (Å²) in [4.78, 5) is 4.54. The Kier molecular flexibility index (Phi) is 3.64. The summed E-state index contributed by atoms with van der Waals surface area (Å²) in [6.45, 7) is 10.7. The molecule has 1 aliphatic heterocycles. The topological polar surface area (TPSA) is 39.9 Å². The van der Waals surface area contributed by atoms with Crippen LogP contribution < -0.4 is 4.74 Å². The Morgan fingerprint density at radius 1 is 1.00 bits per heavy atom. The lowest BCUT2D eigenvalue weighted by Gasteiger charge is -2.15. The van der Waals surface area contributed by atoms with Gasteiger partial charge in [-0.15, -0.1) is 0 Å². The van der Waals surface area contributed by atoms with Crippen molar-refractivity contribution in [2.24, 2.45) is 0 Å². The van der Waals surface area contributed by atoms with Crippen molar-refractivity contribution in [3.05, 3.63) is 59.0 Å². The predicted molar refractivity (Wildman–Crippen MR) is 99.5 cm³/mol. The molecule has 2 unspecified atom stereocenters. The molecule has 4 rings (SSSR count). The third kappa shape index (κ3) is 2.44. The SMILES string of the molecule is Cc1cc(C)c(-c2ccnn2-c2ccnc3c2OC(C)C3C)c(C)c1. The first kappa shape index (κ1) is 15.9. The third-order valence-electron chi connectivity index (χ3n) is 5.15. The summed E-state index contributed by atoms with van der Waals surface area (Å²) in [7, 11) is 0. The Hall–Kier alpha value is -2.62. The first-order valence-corrected chi connectivity index (χ1v) is 8.75. The van der Waals surface area contributed by atoms with Crippen molar-refractivity contribution >= 4 is 0 Å². The molecule has 4 nitrogen and oxygen atoms in total. The highest BCUT2D eigenvalue weighted by molar-refractivity contribution is 5.71. The van der Waals surface area contributed by atoms with Gasteiger partial charge in [0.25, 0.3) is 0 Å². The van der Waals surface area contributed by atoms with Gasteiger partial charge in [0, 0.05) is 17.7 Å². The molecule has 0 amide bonds. The van der Waals surface area contributed by atoms with E-state index in [1.165, 1.54) is 22.3 Å². The summed E-state index contributed by atoms with van der Waals surface area (Å²) in [5.41, 5.74) is 8.08. The molecule has 0 N–H and O–H groups in total. The number of benzene rings is 1. The maximum Gasteiger partial charge on any atom is 0.167 e. The molecule has 1 aromatic carbocycles. The zero-order chi connectivity index (χ0) is 17.7. The summed E-state index contributed by atoms with van der Waals surface area (Å²) in [6.07, 6.45) is 3.83. The lowest BCUT2D eigenvalue weighted by Crippen LogP contribution is -2.11. The second kappa shape index (κ2) is 5.73. The number of aryl methyl sites for hydroxylation is 3. The number of ether oxygens (including phenoxy) is 1. The summed E-state index contributed by atoms with van der Waals surface area (Å²) >= 11 is 0. The van der Waals surface area contributed by atoms with Crippen LogP contribution in [0.5, 0.6) is 5.75 Å². The lowest BCUT2D eigenvalue weighted by atomic mass is 9.97. The average Bonchev–Trinajstić information content (AvgIpc) is 3.12. The predicted octanol–water partition coefficient (Wildman–Crippen LogP) is 4.74. The van der Waals surface area contributed by atoms with Crippen LogP contribution in [0.25, 0.3) is 16.9 Å². The highest BCUT2D eigenvalue weighted by Crippen LogP contribution is 2.41. The molecule has 128 valence electrons. The van der Waals surface area contributed by atoms with E-state index in [1.807, 2.05) is 23.1 Å². The molecule has 0 radical (unpaired) electrons. The van der Waals surface area contributed by atoms with E-state index in [2.05, 4.69) is 62.9 Å². The zero-order valence-electron chi connectivity index (χ0n) is 15.4. The van der Waals surface area contributed by atoms with Gasteiger partial charge in [-0.1, -0.05) is 24.6 Å². The smallest absolute Gasteiger partial charge is 0.167 e. The zero-order valence-corrected chi connectivity index (χ0v) is 15.4. The quantitative estimate of drug-likeness (QED) is 0.680. The molecule has 2 aromatic heterocycles. The normalized spacial score (nSPS) is 18.9. The van der Waals surface area contributed by atoms with Gasteiger partial charge in [0.05, 0.1) is 17.6 Å². The van der Waals surface area contributed by atoms with E-state index in [-0.39, 0.29) is 12.0 Å². The fraction of sp³-hybridized carbons (Fsp3) is 0.333. The monoisotopic (exact) mass is 333 g/mol. The van der Waals surface area contributed by atoms with Crippen LogP contribution in [0, 0.1) is 20.8 Å². The fourth-order valence-electron chi connectivity index (χ4n) is 3.84. The molecule has 0 saturated carbocycles. The van der Waals surface area contributed by atoms with Gasteiger partial charge in [-0.2, -0.15) is 5.10 Å². The minimum atomic E-state index is 0.130. The molecule has 0 fully saturated rings. The van der Waals surface area contributed by atoms with Gasteiger partial charge in [0.15, 0.2) is 5.75 Å². The van der Waals surface area contributed by atoms with E-state index in [1.54, 1.807) is 0 Å². The molecule has 3 aromatic rings. The van der Waals surface area contributed by atoms with Crippen LogP contribution in [0.3, 0.4) is 0 Å². The van der Waals surface area contributed by atoms with Crippen LogP contribution in [0.2, 0.25) is 0 Å². The van der Waals surface area contributed by atoms with E-state index in [9.17, 15) is 0 Å². The number of rotatable bonds is 2. The average molecular weight is 333 g/mol. The number of aromatic nitrogens is 3. The van der Waals surface area contributed by atoms with Gasteiger partial charge in [0.1, 0.15) is 11.8 Å². The van der Waals surface area contributed by atoms with E-state index >= 15 is 0 Å². The van der Waals surface area contributed by atoms with E-state index in [0.29, 0.717) is 0 Å². The van der Waals surface area contributed by atoms with Crippen LogP contribution in [-0.2, 0) is 0 Å². The first-order valence-electron chi connectivity index (χ1n) is 8.75. The molecular formula is C21H23N3O. The van der Waals surface area contributed by atoms with Crippen molar-refractivity contribution in [2.75, 3.05) is 0 Å². The Labute approximate surface area is 148 Å². The summed E-state index contributed by atoms with van der Waals surface area (Å²) in [5, 5.41) is 4.60. The number of hydrogen-bond acceptors (Lipinski definition) is 3. The summed E-state index contributed by atoms with van der Waals surface area (Å²) < 4.78 is 8.10. The third-order valence-corrected chi connectivity index (χ3v) is 5.15. The number of fused-ring (bicyclic) bond motifs is 1. The summed E-state index contributed by atoms with van der Waals surface area (Å²) in [6, 6.07) is 8.49. The van der Waals surface area contributed by atoms with Crippen LogP contribution >= 0.6 is 0 Å². The van der Waals surface area contributed by atoms with Crippen LogP contribution in [0.1, 0.15) is 42.1 Å². The van der Waals surface area contributed by atoms with Gasteiger partial charge in [-0.3, -0.25) is 4.98 Å². The van der Waals surface area contributed by atoms with Crippen LogP contribution in [0.15, 0.2) is 36.7 Å². The maximum atomic E-state index is 6.12. The van der Waals surface area contributed by atoms with Crippen molar-refractivity contribution in [3.8, 4) is 22.7 Å². The number of nitrogens with zero attached hydrogens (tertiary/aromatic N) is 3.